The van der Waals surface area contributed by atoms with Crippen molar-refractivity contribution in [2.24, 2.45) is 5.92 Å². The minimum Gasteiger partial charge on any atom is -0.468 e. The van der Waals surface area contributed by atoms with Gasteiger partial charge in [0.1, 0.15) is 0 Å². The second-order valence-corrected chi connectivity index (χ2v) is 7.26. The van der Waals surface area contributed by atoms with Crippen LogP contribution < -0.4 is 0 Å². The van der Waals surface area contributed by atoms with E-state index in [4.69, 9.17) is 4.74 Å². The lowest BCUT2D eigenvalue weighted by molar-refractivity contribution is -0.142. The van der Waals surface area contributed by atoms with Crippen LogP contribution in [0.5, 0.6) is 0 Å². The van der Waals surface area contributed by atoms with Crippen molar-refractivity contribution < 1.29 is 14.3 Å². The lowest BCUT2D eigenvalue weighted by Gasteiger charge is -2.28. The van der Waals surface area contributed by atoms with Crippen molar-refractivity contribution in [1.82, 2.24) is 9.80 Å². The predicted molar refractivity (Wildman–Crippen MR) is 89.3 cm³/mol. The number of esters is 1. The smallest absolute Gasteiger partial charge is 0.319 e. The van der Waals surface area contributed by atoms with Crippen LogP contribution in [-0.4, -0.2) is 61.0 Å². The molecule has 1 amide bonds. The zero-order chi connectivity index (χ0) is 16.2. The van der Waals surface area contributed by atoms with Crippen LogP contribution in [0, 0.1) is 5.92 Å². The Morgan fingerprint density at radius 2 is 2.22 bits per heavy atom. The van der Waals surface area contributed by atoms with Crippen LogP contribution in [0.25, 0.3) is 0 Å². The average Bonchev–Trinajstić information content (AvgIpc) is 3.16. The average molecular weight is 336 g/mol. The maximum atomic E-state index is 12.5. The number of methoxy groups -OCH3 is 1. The summed E-state index contributed by atoms with van der Waals surface area (Å²) >= 11 is 1.63. The number of nitrogens with zero attached hydrogens (tertiary/aromatic N) is 2. The number of carbonyl (C=O) groups excluding carboxylic acids is 2. The first-order valence-electron chi connectivity index (χ1n) is 8.27. The van der Waals surface area contributed by atoms with Crippen molar-refractivity contribution in [3.63, 3.8) is 0 Å². The highest BCUT2D eigenvalue weighted by Crippen LogP contribution is 2.30. The van der Waals surface area contributed by atoms with Gasteiger partial charge in [-0.3, -0.25) is 14.5 Å². The maximum Gasteiger partial charge on any atom is 0.319 e. The largest absolute Gasteiger partial charge is 0.468 e. The molecule has 0 spiro atoms. The standard InChI is InChI=1S/C17H24N2O3S/c1-22-17(21)11-18-6-3-2-4-14-9-19(10-15(14)18)16(20)8-13-5-7-23-12-13/h5,7,12,14-15H,2-4,6,8-11H2,1H3/t14-,15+/m0/s1. The first-order valence-corrected chi connectivity index (χ1v) is 9.21. The molecular weight excluding hydrogens is 312 g/mol. The molecule has 126 valence electrons. The Morgan fingerprint density at radius 3 is 2.96 bits per heavy atom. The molecule has 0 N–H and O–H groups in total. The molecule has 0 aliphatic carbocycles. The molecule has 3 rings (SSSR count). The number of likely N-dealkylation sites (tertiary alicyclic amines) is 2. The normalized spacial score (nSPS) is 25.0. The molecule has 1 aromatic heterocycles. The van der Waals surface area contributed by atoms with Crippen LogP contribution in [0.3, 0.4) is 0 Å². The molecule has 0 unspecified atom stereocenters. The fourth-order valence-corrected chi connectivity index (χ4v) is 4.42. The Labute approximate surface area is 141 Å². The van der Waals surface area contributed by atoms with Gasteiger partial charge in [0.15, 0.2) is 0 Å². The fraction of sp³-hybridized carbons (Fsp3) is 0.647. The van der Waals surface area contributed by atoms with Gasteiger partial charge in [0.25, 0.3) is 0 Å². The Hall–Kier alpha value is -1.40. The molecule has 2 fully saturated rings. The van der Waals surface area contributed by atoms with E-state index in [2.05, 4.69) is 4.90 Å². The molecule has 2 aliphatic heterocycles. The van der Waals surface area contributed by atoms with Crippen LogP contribution >= 0.6 is 11.3 Å². The molecule has 2 aliphatic rings. The molecule has 1 aromatic rings. The summed E-state index contributed by atoms with van der Waals surface area (Å²) in [6.45, 7) is 2.82. The predicted octanol–water partition coefficient (Wildman–Crippen LogP) is 1.78. The van der Waals surface area contributed by atoms with E-state index in [0.717, 1.165) is 38.0 Å². The van der Waals surface area contributed by atoms with E-state index in [1.165, 1.54) is 13.5 Å². The molecule has 0 aromatic carbocycles. The molecule has 0 radical (unpaired) electrons. The minimum absolute atomic E-state index is 0.186. The van der Waals surface area contributed by atoms with Crippen LogP contribution in [0.4, 0.5) is 0 Å². The maximum absolute atomic E-state index is 12.5. The Morgan fingerprint density at radius 1 is 1.35 bits per heavy atom. The molecular formula is C17H24N2O3S. The fourth-order valence-electron chi connectivity index (χ4n) is 3.75. The third kappa shape index (κ3) is 3.93. The Bertz CT molecular complexity index is 546. The number of amides is 1. The highest BCUT2D eigenvalue weighted by atomic mass is 32.1. The van der Waals surface area contributed by atoms with E-state index in [1.54, 1.807) is 11.3 Å². The molecule has 6 heteroatoms. The monoisotopic (exact) mass is 336 g/mol. The van der Waals surface area contributed by atoms with E-state index in [0.29, 0.717) is 24.9 Å². The van der Waals surface area contributed by atoms with E-state index >= 15 is 0 Å². The summed E-state index contributed by atoms with van der Waals surface area (Å²) in [5.74, 6) is 0.497. The van der Waals surface area contributed by atoms with Gasteiger partial charge in [-0.25, -0.2) is 0 Å². The van der Waals surface area contributed by atoms with Gasteiger partial charge in [0, 0.05) is 19.1 Å². The van der Waals surface area contributed by atoms with Gasteiger partial charge in [0.2, 0.25) is 5.91 Å². The van der Waals surface area contributed by atoms with E-state index in [9.17, 15) is 9.59 Å². The van der Waals surface area contributed by atoms with Crippen molar-refractivity contribution in [3.8, 4) is 0 Å². The highest BCUT2D eigenvalue weighted by molar-refractivity contribution is 7.07. The summed E-state index contributed by atoms with van der Waals surface area (Å²) in [5.41, 5.74) is 1.10. The lowest BCUT2D eigenvalue weighted by atomic mass is 9.98. The van der Waals surface area contributed by atoms with Gasteiger partial charge >= 0.3 is 5.97 Å². The number of carbonyl (C=O) groups is 2. The topological polar surface area (TPSA) is 49.9 Å². The molecule has 0 saturated carbocycles. The van der Waals surface area contributed by atoms with Crippen LogP contribution in [0.2, 0.25) is 0 Å². The van der Waals surface area contributed by atoms with Gasteiger partial charge in [-0.1, -0.05) is 6.42 Å². The molecule has 5 nitrogen and oxygen atoms in total. The summed E-state index contributed by atoms with van der Waals surface area (Å²) in [4.78, 5) is 28.4. The second kappa shape index (κ2) is 7.45. The van der Waals surface area contributed by atoms with Crippen molar-refractivity contribution in [2.45, 2.75) is 31.7 Å². The SMILES string of the molecule is COC(=O)CN1CCCC[C@H]2CN(C(=O)Cc3ccsc3)C[C@H]21. The zero-order valence-electron chi connectivity index (χ0n) is 13.6. The third-order valence-electron chi connectivity index (χ3n) is 4.99. The van der Waals surface area contributed by atoms with Crippen LogP contribution in [-0.2, 0) is 20.7 Å². The quantitative estimate of drug-likeness (QED) is 0.787. The third-order valence-corrected chi connectivity index (χ3v) is 5.73. The van der Waals surface area contributed by atoms with E-state index in [-0.39, 0.29) is 11.9 Å². The summed E-state index contributed by atoms with van der Waals surface area (Å²) in [7, 11) is 1.43. The lowest BCUT2D eigenvalue weighted by Crippen LogP contribution is -2.44. The van der Waals surface area contributed by atoms with Crippen LogP contribution in [0.15, 0.2) is 16.8 Å². The van der Waals surface area contributed by atoms with Crippen molar-refractivity contribution in [2.75, 3.05) is 33.3 Å². The first-order chi connectivity index (χ1) is 11.2. The number of ether oxygens (including phenoxy) is 1. The highest BCUT2D eigenvalue weighted by Gasteiger charge is 2.39. The summed E-state index contributed by atoms with van der Waals surface area (Å²) in [6, 6.07) is 2.31. The summed E-state index contributed by atoms with van der Waals surface area (Å²) in [5, 5.41) is 4.05. The van der Waals surface area contributed by atoms with E-state index in [1.807, 2.05) is 21.7 Å². The van der Waals surface area contributed by atoms with Crippen molar-refractivity contribution in [3.05, 3.63) is 22.4 Å². The number of thiophene rings is 1. The van der Waals surface area contributed by atoms with Gasteiger partial charge in [-0.2, -0.15) is 11.3 Å². The van der Waals surface area contributed by atoms with Crippen LogP contribution in [0.1, 0.15) is 24.8 Å². The van der Waals surface area contributed by atoms with Gasteiger partial charge in [-0.15, -0.1) is 0 Å². The van der Waals surface area contributed by atoms with Crippen molar-refractivity contribution >= 4 is 23.2 Å². The van der Waals surface area contributed by atoms with Gasteiger partial charge in [0.05, 0.1) is 20.1 Å². The molecule has 0 bridgehead atoms. The Balaban J connectivity index is 1.64. The second-order valence-electron chi connectivity index (χ2n) is 6.48. The number of fused-ring (bicyclic) bond motifs is 1. The molecule has 2 atom stereocenters. The molecule has 2 saturated heterocycles. The molecule has 23 heavy (non-hydrogen) atoms. The number of hydrogen-bond acceptors (Lipinski definition) is 5. The summed E-state index contributed by atoms with van der Waals surface area (Å²) in [6.07, 6.45) is 3.92. The summed E-state index contributed by atoms with van der Waals surface area (Å²) < 4.78 is 4.83. The zero-order valence-corrected chi connectivity index (χ0v) is 14.4. The number of hydrogen-bond donors (Lipinski definition) is 0. The van der Waals surface area contributed by atoms with E-state index < -0.39 is 0 Å². The van der Waals surface area contributed by atoms with Crippen molar-refractivity contribution in [1.29, 1.82) is 0 Å². The number of rotatable bonds is 4. The van der Waals surface area contributed by atoms with Gasteiger partial charge in [-0.05, 0) is 47.7 Å². The first kappa shape index (κ1) is 16.5. The Kier molecular flexibility index (Phi) is 5.33. The van der Waals surface area contributed by atoms with Gasteiger partial charge < -0.3 is 9.64 Å². The minimum atomic E-state index is -0.186. The molecule has 3 heterocycles.